The first-order valence-corrected chi connectivity index (χ1v) is 8.98. The van der Waals surface area contributed by atoms with Gasteiger partial charge in [-0.25, -0.2) is 4.39 Å². The molecule has 0 aliphatic heterocycles. The Morgan fingerprint density at radius 1 is 0.630 bits per heavy atom. The number of rotatable bonds is 1. The molecule has 0 atom stereocenters. The van der Waals surface area contributed by atoms with Gasteiger partial charge in [0.25, 0.3) is 0 Å². The van der Waals surface area contributed by atoms with Gasteiger partial charge >= 0.3 is 0 Å². The van der Waals surface area contributed by atoms with E-state index in [9.17, 15) is 0 Å². The highest BCUT2D eigenvalue weighted by molar-refractivity contribution is 5.89. The number of benzene rings is 4. The second-order valence-corrected chi connectivity index (χ2v) is 6.85. The Morgan fingerprint density at radius 3 is 1.93 bits per heavy atom. The molecule has 4 rings (SSSR count). The Hall–Kier alpha value is -3.37. The van der Waals surface area contributed by atoms with Crippen molar-refractivity contribution < 1.29 is 4.39 Å². The van der Waals surface area contributed by atoms with E-state index in [0.29, 0.717) is 10.9 Å². The lowest BCUT2D eigenvalue weighted by molar-refractivity contribution is 0.643. The Morgan fingerprint density at radius 2 is 1.22 bits per heavy atom. The minimum absolute atomic E-state index is 0.186. The van der Waals surface area contributed by atoms with E-state index in [-0.39, 0.29) is 5.82 Å². The van der Waals surface area contributed by atoms with E-state index in [2.05, 4.69) is 18.8 Å². The topological polar surface area (TPSA) is 0 Å². The highest BCUT2D eigenvalue weighted by Gasteiger charge is 2.09. The molecule has 0 aliphatic rings. The van der Waals surface area contributed by atoms with Crippen LogP contribution in [0.2, 0.25) is 0 Å². The molecule has 0 bridgehead atoms. The van der Waals surface area contributed by atoms with Gasteiger partial charge in [-0.15, -0.1) is 0 Å². The lowest BCUT2D eigenvalue weighted by Crippen LogP contribution is -1.88. The molecular weight excluding hydrogens is 331 g/mol. The maximum atomic E-state index is 15.0. The maximum absolute atomic E-state index is 15.0. The maximum Gasteiger partial charge on any atom is 0.138 e. The van der Waals surface area contributed by atoms with E-state index in [1.54, 1.807) is 0 Å². The summed E-state index contributed by atoms with van der Waals surface area (Å²) >= 11 is 0. The van der Waals surface area contributed by atoms with Crippen molar-refractivity contribution in [3.63, 3.8) is 0 Å². The smallest absolute Gasteiger partial charge is 0.138 e. The zero-order valence-corrected chi connectivity index (χ0v) is 15.4. The predicted octanol–water partition coefficient (Wildman–Crippen LogP) is 6.66. The second kappa shape index (κ2) is 7.09. The third-order valence-corrected chi connectivity index (χ3v) is 4.72. The molecule has 0 unspecified atom stereocenters. The molecule has 0 spiro atoms. The van der Waals surface area contributed by atoms with Crippen LogP contribution in [0, 0.1) is 31.5 Å². The van der Waals surface area contributed by atoms with Gasteiger partial charge in [0.1, 0.15) is 5.82 Å². The van der Waals surface area contributed by atoms with Gasteiger partial charge in [-0.1, -0.05) is 77.6 Å². The third kappa shape index (κ3) is 3.61. The molecule has 130 valence electrons. The number of aryl methyl sites for hydroxylation is 2. The summed E-state index contributed by atoms with van der Waals surface area (Å²) in [6, 6.07) is 25.5. The Balaban J connectivity index is 1.71. The summed E-state index contributed by atoms with van der Waals surface area (Å²) in [5.74, 6) is 6.15. The van der Waals surface area contributed by atoms with Crippen molar-refractivity contribution in [3.8, 4) is 23.0 Å². The summed E-state index contributed by atoms with van der Waals surface area (Å²) < 4.78 is 15.0. The average Bonchev–Trinajstić information content (AvgIpc) is 2.69. The molecule has 0 saturated carbocycles. The van der Waals surface area contributed by atoms with Crippen LogP contribution in [0.1, 0.15) is 22.3 Å². The molecule has 0 aromatic heterocycles. The van der Waals surface area contributed by atoms with Crippen molar-refractivity contribution >= 4 is 10.8 Å². The molecule has 0 N–H and O–H groups in total. The van der Waals surface area contributed by atoms with Crippen LogP contribution < -0.4 is 0 Å². The largest absolute Gasteiger partial charge is 0.206 e. The Kier molecular flexibility index (Phi) is 4.48. The zero-order chi connectivity index (χ0) is 18.8. The molecule has 27 heavy (non-hydrogen) atoms. The fraction of sp³-hybridized carbons (Fsp3) is 0.0769. The van der Waals surface area contributed by atoms with Gasteiger partial charge in [-0.2, -0.15) is 0 Å². The van der Waals surface area contributed by atoms with Gasteiger partial charge in [-0.05, 0) is 49.1 Å². The highest BCUT2D eigenvalue weighted by atomic mass is 19.1. The lowest BCUT2D eigenvalue weighted by atomic mass is 9.98. The van der Waals surface area contributed by atoms with E-state index in [4.69, 9.17) is 0 Å². The number of hydrogen-bond donors (Lipinski definition) is 0. The zero-order valence-electron chi connectivity index (χ0n) is 15.4. The summed E-state index contributed by atoms with van der Waals surface area (Å²) in [6.07, 6.45) is 0. The van der Waals surface area contributed by atoms with E-state index in [1.807, 2.05) is 85.8 Å². The fourth-order valence-electron chi connectivity index (χ4n) is 3.11. The van der Waals surface area contributed by atoms with Gasteiger partial charge in [0.05, 0.1) is 0 Å². The van der Waals surface area contributed by atoms with Crippen LogP contribution in [0.4, 0.5) is 4.39 Å². The van der Waals surface area contributed by atoms with E-state index in [0.717, 1.165) is 27.6 Å². The van der Waals surface area contributed by atoms with Gasteiger partial charge in [0, 0.05) is 22.1 Å². The van der Waals surface area contributed by atoms with Gasteiger partial charge in [0.2, 0.25) is 0 Å². The van der Waals surface area contributed by atoms with Crippen molar-refractivity contribution in [1.82, 2.24) is 0 Å². The number of fused-ring (bicyclic) bond motifs is 1. The van der Waals surface area contributed by atoms with Crippen LogP contribution in [0.3, 0.4) is 0 Å². The SMILES string of the molecule is Cc1ccc(C#Cc2ccc3c(F)c(-c4ccc(C)cc4)ccc3c2)cc1. The first kappa shape index (κ1) is 17.1. The Labute approximate surface area is 159 Å². The molecule has 0 saturated heterocycles. The molecule has 0 nitrogen and oxygen atoms in total. The van der Waals surface area contributed by atoms with Crippen molar-refractivity contribution in [1.29, 1.82) is 0 Å². The average molecular weight is 350 g/mol. The van der Waals surface area contributed by atoms with Gasteiger partial charge in [0.15, 0.2) is 0 Å². The molecule has 0 radical (unpaired) electrons. The van der Waals surface area contributed by atoms with Gasteiger partial charge < -0.3 is 0 Å². The van der Waals surface area contributed by atoms with Crippen LogP contribution >= 0.6 is 0 Å². The van der Waals surface area contributed by atoms with Crippen LogP contribution in [0.15, 0.2) is 78.9 Å². The van der Waals surface area contributed by atoms with Crippen LogP contribution in [-0.4, -0.2) is 0 Å². The molecule has 0 amide bonds. The van der Waals surface area contributed by atoms with E-state index >= 15 is 4.39 Å². The number of hydrogen-bond acceptors (Lipinski definition) is 0. The first-order valence-electron chi connectivity index (χ1n) is 8.98. The predicted molar refractivity (Wildman–Crippen MR) is 111 cm³/mol. The molecule has 4 aromatic rings. The van der Waals surface area contributed by atoms with E-state index < -0.39 is 0 Å². The highest BCUT2D eigenvalue weighted by Crippen LogP contribution is 2.29. The normalized spacial score (nSPS) is 10.5. The van der Waals surface area contributed by atoms with Crippen LogP contribution in [-0.2, 0) is 0 Å². The third-order valence-electron chi connectivity index (χ3n) is 4.72. The standard InChI is InChI=1S/C26H19F/c1-18-3-7-20(8-4-18)9-10-21-11-15-25-23(17-21)14-16-24(26(25)27)22-12-5-19(2)6-13-22/h3-8,11-17H,1-2H3. The molecule has 4 aromatic carbocycles. The van der Waals surface area contributed by atoms with Crippen LogP contribution in [0.25, 0.3) is 21.9 Å². The molecule has 0 fully saturated rings. The fourth-order valence-corrected chi connectivity index (χ4v) is 3.11. The van der Waals surface area contributed by atoms with Crippen molar-refractivity contribution in [3.05, 3.63) is 107 Å². The van der Waals surface area contributed by atoms with E-state index in [1.165, 1.54) is 5.56 Å². The number of halogens is 1. The molecule has 0 heterocycles. The minimum atomic E-state index is -0.186. The summed E-state index contributed by atoms with van der Waals surface area (Å²) in [4.78, 5) is 0. The quantitative estimate of drug-likeness (QED) is 0.337. The van der Waals surface area contributed by atoms with Gasteiger partial charge in [-0.3, -0.25) is 0 Å². The summed E-state index contributed by atoms with van der Waals surface area (Å²) in [5.41, 5.74) is 5.75. The monoisotopic (exact) mass is 350 g/mol. The summed E-state index contributed by atoms with van der Waals surface area (Å²) in [5, 5.41) is 1.48. The van der Waals surface area contributed by atoms with Crippen molar-refractivity contribution in [2.75, 3.05) is 0 Å². The molecule has 1 heteroatoms. The summed E-state index contributed by atoms with van der Waals surface area (Å²) in [6.45, 7) is 4.08. The molecular formula is C26H19F. The molecule has 0 aliphatic carbocycles. The van der Waals surface area contributed by atoms with Crippen LogP contribution in [0.5, 0.6) is 0 Å². The van der Waals surface area contributed by atoms with Crippen molar-refractivity contribution in [2.45, 2.75) is 13.8 Å². The minimum Gasteiger partial charge on any atom is -0.206 e. The van der Waals surface area contributed by atoms with Crippen molar-refractivity contribution in [2.24, 2.45) is 0 Å². The first-order chi connectivity index (χ1) is 13.1. The summed E-state index contributed by atoms with van der Waals surface area (Å²) in [7, 11) is 0. The lowest BCUT2D eigenvalue weighted by Gasteiger charge is -2.08. The Bertz CT molecular complexity index is 1170. The second-order valence-electron chi connectivity index (χ2n) is 6.85.